The van der Waals surface area contributed by atoms with Gasteiger partial charge in [0.05, 0.1) is 13.5 Å². The molecule has 0 saturated heterocycles. The van der Waals surface area contributed by atoms with Gasteiger partial charge in [0, 0.05) is 12.5 Å². The molecule has 2 aromatic rings. The number of carbonyl (C=O) groups excluding carboxylic acids is 2. The summed E-state index contributed by atoms with van der Waals surface area (Å²) in [6, 6.07) is 14.5. The first-order valence-electron chi connectivity index (χ1n) is 7.53. The van der Waals surface area contributed by atoms with Crippen molar-refractivity contribution in [2.24, 2.45) is 5.92 Å². The fourth-order valence-electron chi connectivity index (χ4n) is 2.92. The Morgan fingerprint density at radius 3 is 2.77 bits per heavy atom. The second-order valence-corrected chi connectivity index (χ2v) is 5.63. The van der Waals surface area contributed by atoms with Crippen LogP contribution in [-0.2, 0) is 14.3 Å². The predicted octanol–water partition coefficient (Wildman–Crippen LogP) is 2.62. The average Bonchev–Trinajstić information content (AvgIpc) is 3.34. The maximum Gasteiger partial charge on any atom is 0.307 e. The summed E-state index contributed by atoms with van der Waals surface area (Å²) in [5, 5.41) is 5.25. The molecule has 0 aliphatic heterocycles. The first-order valence-corrected chi connectivity index (χ1v) is 7.53. The Morgan fingerprint density at radius 1 is 1.18 bits per heavy atom. The molecule has 114 valence electrons. The summed E-state index contributed by atoms with van der Waals surface area (Å²) in [7, 11) is 1.35. The third-order valence-corrected chi connectivity index (χ3v) is 4.21. The van der Waals surface area contributed by atoms with Crippen molar-refractivity contribution in [1.82, 2.24) is 5.32 Å². The second-order valence-electron chi connectivity index (χ2n) is 5.63. The summed E-state index contributed by atoms with van der Waals surface area (Å²) >= 11 is 0. The number of benzene rings is 2. The molecule has 2 aromatic carbocycles. The molecule has 0 heterocycles. The van der Waals surface area contributed by atoms with Crippen molar-refractivity contribution in [3.05, 3.63) is 48.0 Å². The molecular weight excluding hydrogens is 278 g/mol. The zero-order valence-electron chi connectivity index (χ0n) is 12.5. The number of nitrogens with one attached hydrogen (secondary N) is 1. The minimum atomic E-state index is -0.304. The molecule has 0 spiro atoms. The molecule has 4 heteroatoms. The topological polar surface area (TPSA) is 55.4 Å². The van der Waals surface area contributed by atoms with Crippen LogP contribution in [0.5, 0.6) is 0 Å². The van der Waals surface area contributed by atoms with Crippen molar-refractivity contribution < 1.29 is 14.3 Å². The van der Waals surface area contributed by atoms with Crippen LogP contribution in [0.4, 0.5) is 0 Å². The Labute approximate surface area is 129 Å². The van der Waals surface area contributed by atoms with E-state index in [0.717, 1.165) is 6.42 Å². The molecule has 0 bridgehead atoms. The summed E-state index contributed by atoms with van der Waals surface area (Å²) in [6.07, 6.45) is 1.09. The second kappa shape index (κ2) is 6.18. The summed E-state index contributed by atoms with van der Waals surface area (Å²) in [5.41, 5.74) is 1.24. The Bertz CT molecular complexity index is 705. The van der Waals surface area contributed by atoms with Crippen LogP contribution in [0.1, 0.15) is 24.3 Å². The minimum Gasteiger partial charge on any atom is -0.469 e. The van der Waals surface area contributed by atoms with Gasteiger partial charge in [0.25, 0.3) is 0 Å². The van der Waals surface area contributed by atoms with E-state index in [-0.39, 0.29) is 30.1 Å². The zero-order valence-corrected chi connectivity index (χ0v) is 12.5. The Balaban J connectivity index is 1.63. The number of amides is 1. The molecule has 4 nitrogen and oxygen atoms in total. The van der Waals surface area contributed by atoms with E-state index in [2.05, 4.69) is 34.3 Å². The van der Waals surface area contributed by atoms with Gasteiger partial charge in [-0.2, -0.15) is 0 Å². The highest BCUT2D eigenvalue weighted by atomic mass is 16.5. The number of hydrogen-bond acceptors (Lipinski definition) is 3. The van der Waals surface area contributed by atoms with Crippen molar-refractivity contribution in [1.29, 1.82) is 0 Å². The molecule has 1 aliphatic carbocycles. The summed E-state index contributed by atoms with van der Waals surface area (Å²) in [4.78, 5) is 23.2. The van der Waals surface area contributed by atoms with Gasteiger partial charge >= 0.3 is 5.97 Å². The van der Waals surface area contributed by atoms with Crippen LogP contribution in [0.2, 0.25) is 0 Å². The molecule has 3 rings (SSSR count). The van der Waals surface area contributed by atoms with Gasteiger partial charge in [-0.1, -0.05) is 42.5 Å². The van der Waals surface area contributed by atoms with Crippen molar-refractivity contribution in [3.8, 4) is 0 Å². The standard InChI is InChI=1S/C18H19NO3/c1-22-17(20)9-10-19-18(21)16-11-15(16)14-8-4-6-12-5-2-3-7-13(12)14/h2-8,15-16H,9-11H2,1H3,(H,19,21)/t15-,16-/m0/s1. The van der Waals surface area contributed by atoms with E-state index in [0.29, 0.717) is 6.54 Å². The zero-order chi connectivity index (χ0) is 15.5. The molecule has 0 unspecified atom stereocenters. The van der Waals surface area contributed by atoms with E-state index >= 15 is 0 Å². The number of rotatable bonds is 5. The number of ether oxygens (including phenoxy) is 1. The predicted molar refractivity (Wildman–Crippen MR) is 84.4 cm³/mol. The van der Waals surface area contributed by atoms with Crippen LogP contribution in [0.15, 0.2) is 42.5 Å². The van der Waals surface area contributed by atoms with E-state index in [9.17, 15) is 9.59 Å². The van der Waals surface area contributed by atoms with E-state index in [4.69, 9.17) is 0 Å². The summed E-state index contributed by atoms with van der Waals surface area (Å²) in [5.74, 6) is 0.0243. The van der Waals surface area contributed by atoms with Gasteiger partial charge in [-0.05, 0) is 28.7 Å². The lowest BCUT2D eigenvalue weighted by Gasteiger charge is -2.07. The largest absolute Gasteiger partial charge is 0.469 e. The van der Waals surface area contributed by atoms with E-state index in [1.54, 1.807) is 0 Å². The van der Waals surface area contributed by atoms with Crippen molar-refractivity contribution in [3.63, 3.8) is 0 Å². The maximum absolute atomic E-state index is 12.1. The maximum atomic E-state index is 12.1. The van der Waals surface area contributed by atoms with Crippen molar-refractivity contribution in [2.45, 2.75) is 18.8 Å². The SMILES string of the molecule is COC(=O)CCNC(=O)[C@H]1C[C@H]1c1cccc2ccccc12. The van der Waals surface area contributed by atoms with Gasteiger partial charge in [-0.15, -0.1) is 0 Å². The first-order chi connectivity index (χ1) is 10.7. The quantitative estimate of drug-likeness (QED) is 0.863. The molecule has 1 N–H and O–H groups in total. The van der Waals surface area contributed by atoms with Gasteiger partial charge < -0.3 is 10.1 Å². The van der Waals surface area contributed by atoms with Crippen LogP contribution in [0.25, 0.3) is 10.8 Å². The molecular formula is C18H19NO3. The fourth-order valence-corrected chi connectivity index (χ4v) is 2.92. The smallest absolute Gasteiger partial charge is 0.307 e. The monoisotopic (exact) mass is 297 g/mol. The molecule has 0 aromatic heterocycles. The number of esters is 1. The Kier molecular flexibility index (Phi) is 4.09. The van der Waals surface area contributed by atoms with E-state index in [1.165, 1.54) is 23.4 Å². The molecule has 22 heavy (non-hydrogen) atoms. The van der Waals surface area contributed by atoms with Gasteiger partial charge in [0.15, 0.2) is 0 Å². The first kappa shape index (κ1) is 14.6. The van der Waals surface area contributed by atoms with E-state index < -0.39 is 0 Å². The number of methoxy groups -OCH3 is 1. The summed E-state index contributed by atoms with van der Waals surface area (Å²) < 4.78 is 4.56. The Hall–Kier alpha value is -2.36. The van der Waals surface area contributed by atoms with Crippen molar-refractivity contribution in [2.75, 3.05) is 13.7 Å². The number of fused-ring (bicyclic) bond motifs is 1. The highest BCUT2D eigenvalue weighted by Crippen LogP contribution is 2.49. The number of hydrogen-bond donors (Lipinski definition) is 1. The van der Waals surface area contributed by atoms with Crippen LogP contribution in [0, 0.1) is 5.92 Å². The molecule has 2 atom stereocenters. The normalized spacial score (nSPS) is 19.7. The third-order valence-electron chi connectivity index (χ3n) is 4.21. The molecule has 1 saturated carbocycles. The van der Waals surface area contributed by atoms with E-state index in [1.807, 2.05) is 18.2 Å². The lowest BCUT2D eigenvalue weighted by Crippen LogP contribution is -2.28. The van der Waals surface area contributed by atoms with Gasteiger partial charge in [0.2, 0.25) is 5.91 Å². The molecule has 0 radical (unpaired) electrons. The summed E-state index contributed by atoms with van der Waals surface area (Å²) in [6.45, 7) is 0.338. The average molecular weight is 297 g/mol. The fraction of sp³-hybridized carbons (Fsp3) is 0.333. The van der Waals surface area contributed by atoms with Crippen molar-refractivity contribution >= 4 is 22.6 Å². The van der Waals surface area contributed by atoms with Gasteiger partial charge in [-0.25, -0.2) is 0 Å². The molecule has 1 fully saturated rings. The van der Waals surface area contributed by atoms with Crippen LogP contribution < -0.4 is 5.32 Å². The lowest BCUT2D eigenvalue weighted by atomic mass is 10.00. The van der Waals surface area contributed by atoms with Crippen LogP contribution in [-0.4, -0.2) is 25.5 Å². The third kappa shape index (κ3) is 2.96. The lowest BCUT2D eigenvalue weighted by molar-refractivity contribution is -0.140. The highest BCUT2D eigenvalue weighted by Gasteiger charge is 2.44. The Morgan fingerprint density at radius 2 is 1.95 bits per heavy atom. The molecule has 1 aliphatic rings. The minimum absolute atomic E-state index is 0.0171. The van der Waals surface area contributed by atoms with Gasteiger partial charge in [-0.3, -0.25) is 9.59 Å². The molecule has 1 amide bonds. The van der Waals surface area contributed by atoms with Crippen LogP contribution in [0.3, 0.4) is 0 Å². The van der Waals surface area contributed by atoms with Gasteiger partial charge in [0.1, 0.15) is 0 Å². The number of carbonyl (C=O) groups is 2. The highest BCUT2D eigenvalue weighted by molar-refractivity contribution is 5.89. The van der Waals surface area contributed by atoms with Crippen LogP contribution >= 0.6 is 0 Å².